The normalized spacial score (nSPS) is 11.6. The molecule has 0 unspecified atom stereocenters. The highest BCUT2D eigenvalue weighted by molar-refractivity contribution is 7.80. The van der Waals surface area contributed by atoms with E-state index in [9.17, 15) is 4.39 Å². The molecule has 0 fully saturated rings. The van der Waals surface area contributed by atoms with Gasteiger partial charge in [0.05, 0.1) is 0 Å². The first-order chi connectivity index (χ1) is 8.82. The summed E-state index contributed by atoms with van der Waals surface area (Å²) in [6, 6.07) is 5.60. The molecule has 2 N–H and O–H groups in total. The smallest absolute Gasteiger partial charge is 0.137 e. The molecule has 1 rings (SSSR count). The Bertz CT molecular complexity index is 444. The SMILES string of the molecule is CC(C)CN(Cc1cccc(C(N)=S)c1F)C(C)C. The average Bonchev–Trinajstić information content (AvgIpc) is 2.29. The maximum absolute atomic E-state index is 14.3. The summed E-state index contributed by atoms with van der Waals surface area (Å²) in [5.41, 5.74) is 6.52. The highest BCUT2D eigenvalue weighted by atomic mass is 32.1. The molecular formula is C15H23FN2S. The summed E-state index contributed by atoms with van der Waals surface area (Å²) in [7, 11) is 0. The van der Waals surface area contributed by atoms with Crippen LogP contribution in [0.25, 0.3) is 0 Å². The third-order valence-electron chi connectivity index (χ3n) is 3.05. The van der Waals surface area contributed by atoms with E-state index in [0.717, 1.165) is 6.54 Å². The number of thiocarbonyl (C=S) groups is 1. The zero-order valence-corrected chi connectivity index (χ0v) is 12.9. The molecule has 0 saturated heterocycles. The monoisotopic (exact) mass is 282 g/mol. The van der Waals surface area contributed by atoms with Crippen molar-refractivity contribution in [3.05, 3.63) is 35.1 Å². The summed E-state index contributed by atoms with van der Waals surface area (Å²) in [4.78, 5) is 2.37. The lowest BCUT2D eigenvalue weighted by atomic mass is 10.1. The maximum atomic E-state index is 14.3. The topological polar surface area (TPSA) is 29.3 Å². The van der Waals surface area contributed by atoms with Crippen molar-refractivity contribution in [2.45, 2.75) is 40.3 Å². The summed E-state index contributed by atoms with van der Waals surface area (Å²) >= 11 is 4.87. The first-order valence-corrected chi connectivity index (χ1v) is 7.05. The number of benzene rings is 1. The molecule has 0 spiro atoms. The van der Waals surface area contributed by atoms with Gasteiger partial charge in [-0.15, -0.1) is 0 Å². The summed E-state index contributed by atoms with van der Waals surface area (Å²) in [6.45, 7) is 10.1. The Balaban J connectivity index is 2.97. The Kier molecular flexibility index (Phi) is 5.88. The summed E-state index contributed by atoms with van der Waals surface area (Å²) in [5.74, 6) is 0.258. The van der Waals surface area contributed by atoms with Crippen molar-refractivity contribution in [1.29, 1.82) is 0 Å². The van der Waals surface area contributed by atoms with Crippen molar-refractivity contribution in [2.24, 2.45) is 11.7 Å². The minimum Gasteiger partial charge on any atom is -0.389 e. The highest BCUT2D eigenvalue weighted by Crippen LogP contribution is 2.17. The second kappa shape index (κ2) is 6.96. The standard InChI is InChI=1S/C15H23FN2S/c1-10(2)8-18(11(3)4)9-12-6-5-7-13(14(12)16)15(17)19/h5-7,10-11H,8-9H2,1-4H3,(H2,17,19). The molecule has 19 heavy (non-hydrogen) atoms. The van der Waals surface area contributed by atoms with Gasteiger partial charge in [-0.1, -0.05) is 38.2 Å². The zero-order chi connectivity index (χ0) is 14.6. The number of halogens is 1. The van der Waals surface area contributed by atoms with Gasteiger partial charge in [-0.3, -0.25) is 4.90 Å². The molecule has 0 aromatic heterocycles. The van der Waals surface area contributed by atoms with E-state index in [2.05, 4.69) is 32.6 Å². The fraction of sp³-hybridized carbons (Fsp3) is 0.533. The average molecular weight is 282 g/mol. The highest BCUT2D eigenvalue weighted by Gasteiger charge is 2.16. The van der Waals surface area contributed by atoms with Crippen molar-refractivity contribution in [1.82, 2.24) is 4.90 Å². The molecule has 0 aliphatic rings. The molecule has 0 heterocycles. The molecule has 0 atom stereocenters. The molecule has 2 nitrogen and oxygen atoms in total. The van der Waals surface area contributed by atoms with Crippen molar-refractivity contribution < 1.29 is 4.39 Å². The van der Waals surface area contributed by atoms with Crippen molar-refractivity contribution in [2.75, 3.05) is 6.54 Å². The molecule has 0 amide bonds. The molecule has 0 saturated carbocycles. The molecule has 0 radical (unpaired) electrons. The van der Waals surface area contributed by atoms with Crippen LogP contribution in [0.1, 0.15) is 38.8 Å². The van der Waals surface area contributed by atoms with E-state index in [1.165, 1.54) is 0 Å². The number of rotatable bonds is 6. The summed E-state index contributed by atoms with van der Waals surface area (Å²) in [5, 5.41) is 0. The maximum Gasteiger partial charge on any atom is 0.137 e. The zero-order valence-electron chi connectivity index (χ0n) is 12.1. The van der Waals surface area contributed by atoms with E-state index in [4.69, 9.17) is 18.0 Å². The van der Waals surface area contributed by atoms with E-state index in [1.807, 2.05) is 0 Å². The number of nitrogens with two attached hydrogens (primary N) is 1. The fourth-order valence-corrected chi connectivity index (χ4v) is 2.20. The second-order valence-corrected chi connectivity index (χ2v) is 6.00. The van der Waals surface area contributed by atoms with Gasteiger partial charge in [0.1, 0.15) is 10.8 Å². The minimum atomic E-state index is -0.288. The van der Waals surface area contributed by atoms with Gasteiger partial charge in [0.25, 0.3) is 0 Å². The van der Waals surface area contributed by atoms with Gasteiger partial charge in [-0.25, -0.2) is 4.39 Å². The molecule has 1 aromatic carbocycles. The first kappa shape index (κ1) is 16.1. The van der Waals surface area contributed by atoms with Crippen LogP contribution in [0.4, 0.5) is 4.39 Å². The third-order valence-corrected chi connectivity index (χ3v) is 3.27. The lowest BCUT2D eigenvalue weighted by Crippen LogP contribution is -2.34. The largest absolute Gasteiger partial charge is 0.389 e. The van der Waals surface area contributed by atoms with Crippen LogP contribution >= 0.6 is 12.2 Å². The van der Waals surface area contributed by atoms with E-state index in [1.54, 1.807) is 18.2 Å². The van der Waals surface area contributed by atoms with Gasteiger partial charge in [0.2, 0.25) is 0 Å². The van der Waals surface area contributed by atoms with Crippen molar-refractivity contribution >= 4 is 17.2 Å². The second-order valence-electron chi connectivity index (χ2n) is 5.56. The Morgan fingerprint density at radius 2 is 1.95 bits per heavy atom. The van der Waals surface area contributed by atoms with Crippen LogP contribution in [0.2, 0.25) is 0 Å². The molecular weight excluding hydrogens is 259 g/mol. The quantitative estimate of drug-likeness (QED) is 0.812. The molecule has 0 aliphatic carbocycles. The van der Waals surface area contributed by atoms with Crippen molar-refractivity contribution in [3.63, 3.8) is 0 Å². The Morgan fingerprint density at radius 1 is 1.32 bits per heavy atom. The van der Waals surface area contributed by atoms with Gasteiger partial charge in [0, 0.05) is 30.3 Å². The Morgan fingerprint density at radius 3 is 2.42 bits per heavy atom. The van der Waals surface area contributed by atoms with Gasteiger partial charge < -0.3 is 5.73 Å². The summed E-state index contributed by atoms with van der Waals surface area (Å²) < 4.78 is 14.3. The number of hydrogen-bond acceptors (Lipinski definition) is 2. The van der Waals surface area contributed by atoms with Crippen LogP contribution in [-0.2, 0) is 6.54 Å². The molecule has 4 heteroatoms. The number of nitrogens with zero attached hydrogens (tertiary/aromatic N) is 1. The van der Waals surface area contributed by atoms with Crippen LogP contribution < -0.4 is 5.73 Å². The number of hydrogen-bond donors (Lipinski definition) is 1. The predicted molar refractivity (Wildman–Crippen MR) is 82.7 cm³/mol. The van der Waals surface area contributed by atoms with Crippen LogP contribution in [0.5, 0.6) is 0 Å². The Labute approximate surface area is 120 Å². The molecule has 0 bridgehead atoms. The third kappa shape index (κ3) is 4.55. The van der Waals surface area contributed by atoms with Crippen molar-refractivity contribution in [3.8, 4) is 0 Å². The van der Waals surface area contributed by atoms with E-state index < -0.39 is 0 Å². The van der Waals surface area contributed by atoms with E-state index >= 15 is 0 Å². The molecule has 1 aromatic rings. The first-order valence-electron chi connectivity index (χ1n) is 6.64. The van der Waals surface area contributed by atoms with Gasteiger partial charge in [0.15, 0.2) is 0 Å². The molecule has 0 aliphatic heterocycles. The van der Waals surface area contributed by atoms with Crippen LogP contribution in [-0.4, -0.2) is 22.5 Å². The Hall–Kier alpha value is -1.00. The van der Waals surface area contributed by atoms with E-state index in [-0.39, 0.29) is 10.8 Å². The van der Waals surface area contributed by atoms with Crippen LogP contribution in [0, 0.1) is 11.7 Å². The van der Waals surface area contributed by atoms with Gasteiger partial charge in [-0.05, 0) is 25.8 Å². The lowest BCUT2D eigenvalue weighted by Gasteiger charge is -2.28. The van der Waals surface area contributed by atoms with Crippen LogP contribution in [0.3, 0.4) is 0 Å². The lowest BCUT2D eigenvalue weighted by molar-refractivity contribution is 0.187. The fourth-order valence-electron chi connectivity index (χ4n) is 2.04. The summed E-state index contributed by atoms with van der Waals surface area (Å²) in [6.07, 6.45) is 0. The van der Waals surface area contributed by atoms with E-state index in [0.29, 0.717) is 29.6 Å². The van der Waals surface area contributed by atoms with Crippen LogP contribution in [0.15, 0.2) is 18.2 Å². The van der Waals surface area contributed by atoms with Gasteiger partial charge >= 0.3 is 0 Å². The minimum absolute atomic E-state index is 0.110. The molecule has 106 valence electrons. The van der Waals surface area contributed by atoms with Gasteiger partial charge in [-0.2, -0.15) is 0 Å². The predicted octanol–water partition coefficient (Wildman–Crippen LogP) is 3.33.